The molecule has 4 rings (SSSR count). The average molecular weight is 363 g/mol. The van der Waals surface area contributed by atoms with Crippen molar-refractivity contribution in [3.05, 3.63) is 43.0 Å². The van der Waals surface area contributed by atoms with E-state index in [1.54, 1.807) is 6.20 Å². The van der Waals surface area contributed by atoms with Gasteiger partial charge in [0, 0.05) is 30.4 Å². The van der Waals surface area contributed by atoms with Gasteiger partial charge in [-0.3, -0.25) is 4.57 Å². The number of carbonyl (C=O) groups excluding carboxylic acids is 1. The van der Waals surface area contributed by atoms with E-state index in [0.29, 0.717) is 5.82 Å². The molecule has 0 aliphatic heterocycles. The van der Waals surface area contributed by atoms with Crippen molar-refractivity contribution in [2.24, 2.45) is 7.05 Å². The lowest BCUT2D eigenvalue weighted by Crippen LogP contribution is -2.26. The third-order valence-corrected chi connectivity index (χ3v) is 4.37. The number of aromatic nitrogens is 4. The van der Waals surface area contributed by atoms with Gasteiger partial charge in [-0.15, -0.1) is 0 Å². The summed E-state index contributed by atoms with van der Waals surface area (Å²) in [5, 5.41) is 1.76. The minimum atomic E-state index is -0.548. The largest absolute Gasteiger partial charge is 0.443 e. The van der Waals surface area contributed by atoms with Crippen LogP contribution in [0.4, 0.5) is 10.6 Å². The van der Waals surface area contributed by atoms with E-state index in [4.69, 9.17) is 10.5 Å². The van der Waals surface area contributed by atoms with Gasteiger partial charge >= 0.3 is 6.09 Å². The lowest BCUT2D eigenvalue weighted by Gasteiger charge is -2.19. The molecule has 1 aromatic carbocycles. The zero-order chi connectivity index (χ0) is 19.3. The van der Waals surface area contributed by atoms with Crippen LogP contribution in [0.1, 0.15) is 20.8 Å². The molecule has 4 aromatic rings. The van der Waals surface area contributed by atoms with Gasteiger partial charge < -0.3 is 15.0 Å². The van der Waals surface area contributed by atoms with Gasteiger partial charge in [0.25, 0.3) is 0 Å². The monoisotopic (exact) mass is 363 g/mol. The van der Waals surface area contributed by atoms with Crippen LogP contribution in [0.5, 0.6) is 0 Å². The van der Waals surface area contributed by atoms with Gasteiger partial charge in [-0.25, -0.2) is 14.8 Å². The summed E-state index contributed by atoms with van der Waals surface area (Å²) in [5.74, 6) is 0.446. The summed E-state index contributed by atoms with van der Waals surface area (Å²) in [6.45, 7) is 5.55. The fourth-order valence-corrected chi connectivity index (χ4v) is 3.23. The van der Waals surface area contributed by atoms with Crippen molar-refractivity contribution in [1.29, 1.82) is 0 Å². The molecule has 0 aliphatic rings. The molecule has 27 heavy (non-hydrogen) atoms. The van der Waals surface area contributed by atoms with Crippen molar-refractivity contribution in [1.82, 2.24) is 19.1 Å². The molecule has 0 saturated carbocycles. The summed E-state index contributed by atoms with van der Waals surface area (Å²) in [5.41, 5.74) is 9.06. The number of nitrogens with zero attached hydrogens (tertiary/aromatic N) is 4. The van der Waals surface area contributed by atoms with Gasteiger partial charge in [0.1, 0.15) is 23.4 Å². The lowest BCUT2D eigenvalue weighted by atomic mass is 10.0. The number of aryl methyl sites for hydroxylation is 1. The van der Waals surface area contributed by atoms with Crippen molar-refractivity contribution >= 4 is 33.8 Å². The Labute approximate surface area is 156 Å². The summed E-state index contributed by atoms with van der Waals surface area (Å²) in [7, 11) is 1.93. The van der Waals surface area contributed by atoms with Gasteiger partial charge in [0.15, 0.2) is 0 Å². The molecule has 0 atom stereocenters. The summed E-state index contributed by atoms with van der Waals surface area (Å²) >= 11 is 0. The van der Waals surface area contributed by atoms with Crippen molar-refractivity contribution in [3.63, 3.8) is 0 Å². The Bertz CT molecular complexity index is 1180. The number of anilines is 1. The van der Waals surface area contributed by atoms with Crippen LogP contribution >= 0.6 is 0 Å². The van der Waals surface area contributed by atoms with Crippen LogP contribution in [-0.2, 0) is 11.8 Å². The van der Waals surface area contributed by atoms with Crippen LogP contribution in [0.3, 0.4) is 0 Å². The van der Waals surface area contributed by atoms with Crippen LogP contribution < -0.4 is 5.73 Å². The predicted octanol–water partition coefficient (Wildman–Crippen LogP) is 3.96. The fraction of sp³-hybridized carbons (Fsp3) is 0.250. The first kappa shape index (κ1) is 17.1. The molecule has 2 N–H and O–H groups in total. The maximum atomic E-state index is 12.4. The maximum Gasteiger partial charge on any atom is 0.418 e. The van der Waals surface area contributed by atoms with Gasteiger partial charge in [-0.2, -0.15) is 0 Å². The molecule has 7 nitrogen and oxygen atoms in total. The highest BCUT2D eigenvalue weighted by molar-refractivity contribution is 6.02. The van der Waals surface area contributed by atoms with E-state index in [1.165, 1.54) is 10.9 Å². The molecule has 0 bridgehead atoms. The van der Waals surface area contributed by atoms with Gasteiger partial charge in [-0.1, -0.05) is 6.07 Å². The zero-order valence-electron chi connectivity index (χ0n) is 15.7. The highest BCUT2D eigenvalue weighted by Crippen LogP contribution is 2.34. The van der Waals surface area contributed by atoms with Crippen LogP contribution in [0.15, 0.2) is 43.0 Å². The summed E-state index contributed by atoms with van der Waals surface area (Å²) in [6.07, 6.45) is 4.78. The number of fused-ring (bicyclic) bond motifs is 2. The molecule has 0 aliphatic carbocycles. The molecule has 138 valence electrons. The molecule has 7 heteroatoms. The second-order valence-electron chi connectivity index (χ2n) is 7.55. The topological polar surface area (TPSA) is 88.0 Å². The molecule has 0 radical (unpaired) electrons. The summed E-state index contributed by atoms with van der Waals surface area (Å²) in [6, 6.07) is 7.79. The van der Waals surface area contributed by atoms with Gasteiger partial charge in [0.2, 0.25) is 0 Å². The number of carbonyl (C=O) groups is 1. The Balaban J connectivity index is 1.82. The first-order valence-corrected chi connectivity index (χ1v) is 8.65. The number of nitrogens with two attached hydrogens (primary N) is 1. The Hall–Kier alpha value is -3.35. The zero-order valence-corrected chi connectivity index (χ0v) is 15.7. The predicted molar refractivity (Wildman–Crippen MR) is 105 cm³/mol. The first-order valence-electron chi connectivity index (χ1n) is 8.65. The van der Waals surface area contributed by atoms with Crippen molar-refractivity contribution < 1.29 is 9.53 Å². The molecule has 0 fully saturated rings. The number of hydrogen-bond donors (Lipinski definition) is 1. The van der Waals surface area contributed by atoms with Crippen molar-refractivity contribution in [2.75, 3.05) is 5.73 Å². The average Bonchev–Trinajstić information content (AvgIpc) is 3.15. The lowest BCUT2D eigenvalue weighted by molar-refractivity contribution is 0.0544. The Morgan fingerprint density at radius 2 is 1.96 bits per heavy atom. The Morgan fingerprint density at radius 1 is 1.19 bits per heavy atom. The maximum absolute atomic E-state index is 12.4. The summed E-state index contributed by atoms with van der Waals surface area (Å²) < 4.78 is 8.92. The minimum Gasteiger partial charge on any atom is -0.443 e. The van der Waals surface area contributed by atoms with Crippen LogP contribution in [0.25, 0.3) is 33.1 Å². The molecule has 0 spiro atoms. The molecule has 0 saturated heterocycles. The van der Waals surface area contributed by atoms with E-state index in [-0.39, 0.29) is 0 Å². The number of hydrogen-bond acceptors (Lipinski definition) is 5. The van der Waals surface area contributed by atoms with E-state index in [9.17, 15) is 4.79 Å². The molecular weight excluding hydrogens is 342 g/mol. The highest BCUT2D eigenvalue weighted by atomic mass is 16.6. The Kier molecular flexibility index (Phi) is 3.69. The van der Waals surface area contributed by atoms with E-state index >= 15 is 0 Å². The van der Waals surface area contributed by atoms with E-state index in [2.05, 4.69) is 9.97 Å². The number of nitrogen functional groups attached to an aromatic ring is 1. The third kappa shape index (κ3) is 2.91. The van der Waals surface area contributed by atoms with Crippen molar-refractivity contribution in [3.8, 4) is 11.1 Å². The van der Waals surface area contributed by atoms with Gasteiger partial charge in [0.05, 0.1) is 10.9 Å². The van der Waals surface area contributed by atoms with Crippen LogP contribution in [0, 0.1) is 0 Å². The van der Waals surface area contributed by atoms with E-state index in [0.717, 1.165) is 33.1 Å². The van der Waals surface area contributed by atoms with Crippen molar-refractivity contribution in [2.45, 2.75) is 26.4 Å². The minimum absolute atomic E-state index is 0.395. The van der Waals surface area contributed by atoms with Gasteiger partial charge in [-0.05, 0) is 44.5 Å². The molecule has 3 heterocycles. The normalized spacial score (nSPS) is 12.0. The second-order valence-corrected chi connectivity index (χ2v) is 7.55. The Morgan fingerprint density at radius 3 is 2.70 bits per heavy atom. The third-order valence-electron chi connectivity index (χ3n) is 4.37. The van der Waals surface area contributed by atoms with Crippen LogP contribution in [0.2, 0.25) is 0 Å². The van der Waals surface area contributed by atoms with Crippen LogP contribution in [-0.4, -0.2) is 30.8 Å². The van der Waals surface area contributed by atoms with E-state index in [1.807, 2.05) is 62.8 Å². The summed E-state index contributed by atoms with van der Waals surface area (Å²) in [4.78, 5) is 20.9. The molecule has 0 amide bonds. The number of rotatable bonds is 1. The SMILES string of the molecule is Cn1cc(-c2ccc3c(ccn3C(=O)OC(C)(C)C)c2)c2c(N)ncnc21. The molecular formula is C20H21N5O2. The standard InChI is InChI=1S/C20H21N5O2/c1-20(2,3)27-19(26)25-8-7-13-9-12(5-6-15(13)25)14-10-24(4)18-16(14)17(21)22-11-23-18/h5-11H,1-4H3,(H2,21,22,23). The van der Waals surface area contributed by atoms with E-state index < -0.39 is 11.7 Å². The highest BCUT2D eigenvalue weighted by Gasteiger charge is 2.19. The smallest absolute Gasteiger partial charge is 0.418 e. The quantitative estimate of drug-likeness (QED) is 0.553. The molecule has 0 unspecified atom stereocenters. The number of benzene rings is 1. The first-order chi connectivity index (χ1) is 12.7. The fourth-order valence-electron chi connectivity index (χ4n) is 3.23. The molecule has 3 aromatic heterocycles. The number of ether oxygens (including phenoxy) is 1. The second kappa shape index (κ2) is 5.84.